The van der Waals surface area contributed by atoms with Crippen molar-refractivity contribution in [3.63, 3.8) is 0 Å². The van der Waals surface area contributed by atoms with Gasteiger partial charge in [0, 0.05) is 17.5 Å². The Morgan fingerprint density at radius 3 is 2.75 bits per heavy atom. The van der Waals surface area contributed by atoms with Crippen LogP contribution in [0.2, 0.25) is 0 Å². The standard InChI is InChI=1S/C10H10BrNO4/c1-6(12(14)15)3-7-4-10(16-2)9(13)5-8(7)11/h3-5,13H,1-2H3/b6-3+. The molecule has 0 heterocycles. The predicted molar refractivity (Wildman–Crippen MR) is 63.0 cm³/mol. The molecule has 0 unspecified atom stereocenters. The van der Waals surface area contributed by atoms with E-state index in [0.717, 1.165) is 0 Å². The predicted octanol–water partition coefficient (Wildman–Crippen LogP) is 2.80. The molecule has 0 aliphatic heterocycles. The van der Waals surface area contributed by atoms with Gasteiger partial charge in [-0.15, -0.1) is 0 Å². The van der Waals surface area contributed by atoms with E-state index in [1.807, 2.05) is 0 Å². The van der Waals surface area contributed by atoms with Crippen molar-refractivity contribution in [2.45, 2.75) is 6.92 Å². The molecule has 0 spiro atoms. The van der Waals surface area contributed by atoms with Crippen LogP contribution >= 0.6 is 15.9 Å². The summed E-state index contributed by atoms with van der Waals surface area (Å²) in [6.45, 7) is 1.39. The molecule has 0 amide bonds. The van der Waals surface area contributed by atoms with Gasteiger partial charge in [0.15, 0.2) is 11.5 Å². The van der Waals surface area contributed by atoms with Crippen LogP contribution in [0, 0.1) is 10.1 Å². The molecule has 1 N–H and O–H groups in total. The SMILES string of the molecule is COc1cc(/C=C(\C)[N+](=O)[O-])c(Br)cc1O. The van der Waals surface area contributed by atoms with E-state index >= 15 is 0 Å². The van der Waals surface area contributed by atoms with Gasteiger partial charge < -0.3 is 9.84 Å². The number of ether oxygens (including phenoxy) is 1. The van der Waals surface area contributed by atoms with Crippen LogP contribution < -0.4 is 4.74 Å². The van der Waals surface area contributed by atoms with Gasteiger partial charge in [0.25, 0.3) is 0 Å². The lowest BCUT2D eigenvalue weighted by atomic mass is 10.2. The minimum atomic E-state index is -0.480. The van der Waals surface area contributed by atoms with Crippen molar-refractivity contribution in [1.29, 1.82) is 0 Å². The molecular formula is C10H10BrNO4. The van der Waals surface area contributed by atoms with E-state index in [4.69, 9.17) is 4.74 Å². The van der Waals surface area contributed by atoms with E-state index in [1.165, 1.54) is 32.2 Å². The minimum absolute atomic E-state index is 0.00782. The molecule has 5 nitrogen and oxygen atoms in total. The van der Waals surface area contributed by atoms with Gasteiger partial charge in [-0.25, -0.2) is 0 Å². The first-order valence-corrected chi connectivity index (χ1v) is 5.14. The fourth-order valence-electron chi connectivity index (χ4n) is 1.11. The number of allylic oxidation sites excluding steroid dienone is 1. The third-order valence-electron chi connectivity index (χ3n) is 1.95. The average Bonchev–Trinajstić information content (AvgIpc) is 2.21. The number of hydrogen-bond acceptors (Lipinski definition) is 4. The molecule has 0 saturated heterocycles. The van der Waals surface area contributed by atoms with E-state index in [1.54, 1.807) is 0 Å². The summed E-state index contributed by atoms with van der Waals surface area (Å²) in [7, 11) is 1.41. The first-order valence-electron chi connectivity index (χ1n) is 4.35. The van der Waals surface area contributed by atoms with Crippen molar-refractivity contribution in [2.24, 2.45) is 0 Å². The van der Waals surface area contributed by atoms with Crippen LogP contribution in [0.15, 0.2) is 22.3 Å². The molecule has 1 aromatic carbocycles. The zero-order valence-electron chi connectivity index (χ0n) is 8.73. The zero-order chi connectivity index (χ0) is 12.3. The van der Waals surface area contributed by atoms with E-state index < -0.39 is 4.92 Å². The number of rotatable bonds is 3. The second kappa shape index (κ2) is 4.98. The Morgan fingerprint density at radius 2 is 2.25 bits per heavy atom. The number of nitro groups is 1. The first kappa shape index (κ1) is 12.5. The fourth-order valence-corrected chi connectivity index (χ4v) is 1.56. The summed E-state index contributed by atoms with van der Waals surface area (Å²) in [6, 6.07) is 2.95. The first-order chi connectivity index (χ1) is 7.45. The summed E-state index contributed by atoms with van der Waals surface area (Å²) in [5.41, 5.74) is 0.581. The maximum absolute atomic E-state index is 10.5. The van der Waals surface area contributed by atoms with Gasteiger partial charge in [-0.1, -0.05) is 15.9 Å². The minimum Gasteiger partial charge on any atom is -0.504 e. The second-order valence-corrected chi connectivity index (χ2v) is 3.94. The molecule has 86 valence electrons. The monoisotopic (exact) mass is 287 g/mol. The van der Waals surface area contributed by atoms with Crippen LogP contribution in [0.1, 0.15) is 12.5 Å². The van der Waals surface area contributed by atoms with Crippen molar-refractivity contribution in [3.05, 3.63) is 38.0 Å². The summed E-state index contributed by atoms with van der Waals surface area (Å²) in [4.78, 5) is 10.00. The normalized spacial score (nSPS) is 11.3. The highest BCUT2D eigenvalue weighted by molar-refractivity contribution is 9.10. The Labute approximate surface area is 101 Å². The smallest absolute Gasteiger partial charge is 0.243 e. The van der Waals surface area contributed by atoms with Crippen molar-refractivity contribution in [1.82, 2.24) is 0 Å². The van der Waals surface area contributed by atoms with Crippen LogP contribution in [0.25, 0.3) is 6.08 Å². The number of benzene rings is 1. The third kappa shape index (κ3) is 2.73. The highest BCUT2D eigenvalue weighted by atomic mass is 79.9. The number of phenolic OH excluding ortho intramolecular Hbond substituents is 1. The Bertz CT molecular complexity index is 456. The number of halogens is 1. The Balaban J connectivity index is 3.24. The molecule has 0 aromatic heterocycles. The van der Waals surface area contributed by atoms with E-state index in [2.05, 4.69) is 15.9 Å². The highest BCUT2D eigenvalue weighted by Gasteiger charge is 2.09. The molecule has 0 aliphatic carbocycles. The van der Waals surface area contributed by atoms with E-state index in [9.17, 15) is 15.2 Å². The van der Waals surface area contributed by atoms with Gasteiger partial charge in [0.05, 0.1) is 12.0 Å². The molecule has 0 fully saturated rings. The molecular weight excluding hydrogens is 278 g/mol. The van der Waals surface area contributed by atoms with Gasteiger partial charge >= 0.3 is 0 Å². The number of methoxy groups -OCH3 is 1. The van der Waals surface area contributed by atoms with Crippen LogP contribution in [-0.4, -0.2) is 17.1 Å². The number of hydrogen-bond donors (Lipinski definition) is 1. The lowest BCUT2D eigenvalue weighted by Crippen LogP contribution is -1.94. The molecule has 0 bridgehead atoms. The van der Waals surface area contributed by atoms with Crippen molar-refractivity contribution >= 4 is 22.0 Å². The molecule has 1 aromatic rings. The van der Waals surface area contributed by atoms with Gasteiger partial charge in [0.2, 0.25) is 5.70 Å². The summed E-state index contributed by atoms with van der Waals surface area (Å²) in [5, 5.41) is 19.9. The van der Waals surface area contributed by atoms with Gasteiger partial charge in [-0.2, -0.15) is 0 Å². The topological polar surface area (TPSA) is 72.6 Å². The van der Waals surface area contributed by atoms with Crippen molar-refractivity contribution in [2.75, 3.05) is 7.11 Å². The number of aromatic hydroxyl groups is 1. The van der Waals surface area contributed by atoms with Crippen LogP contribution in [0.4, 0.5) is 0 Å². The van der Waals surface area contributed by atoms with Gasteiger partial charge in [0.1, 0.15) is 0 Å². The molecule has 0 atom stereocenters. The van der Waals surface area contributed by atoms with E-state index in [-0.39, 0.29) is 17.2 Å². The van der Waals surface area contributed by atoms with Crippen LogP contribution in [0.5, 0.6) is 11.5 Å². The maximum atomic E-state index is 10.5. The zero-order valence-corrected chi connectivity index (χ0v) is 10.3. The lowest BCUT2D eigenvalue weighted by Gasteiger charge is -2.06. The third-order valence-corrected chi connectivity index (χ3v) is 2.64. The molecule has 6 heteroatoms. The average molecular weight is 288 g/mol. The molecule has 16 heavy (non-hydrogen) atoms. The number of nitrogens with zero attached hydrogens (tertiary/aromatic N) is 1. The largest absolute Gasteiger partial charge is 0.504 e. The Hall–Kier alpha value is -1.56. The Kier molecular flexibility index (Phi) is 3.89. The van der Waals surface area contributed by atoms with E-state index in [0.29, 0.717) is 10.0 Å². The summed E-state index contributed by atoms with van der Waals surface area (Å²) in [6.07, 6.45) is 1.39. The summed E-state index contributed by atoms with van der Waals surface area (Å²) >= 11 is 3.21. The van der Waals surface area contributed by atoms with Gasteiger partial charge in [-0.05, 0) is 17.7 Å². The molecule has 0 saturated carbocycles. The highest BCUT2D eigenvalue weighted by Crippen LogP contribution is 2.33. The Morgan fingerprint density at radius 1 is 1.62 bits per heavy atom. The second-order valence-electron chi connectivity index (χ2n) is 3.09. The van der Waals surface area contributed by atoms with Gasteiger partial charge in [-0.3, -0.25) is 10.1 Å². The molecule has 1 rings (SSSR count). The lowest BCUT2D eigenvalue weighted by molar-refractivity contribution is -0.422. The number of phenols is 1. The summed E-state index contributed by atoms with van der Waals surface area (Å²) < 4.78 is 5.47. The van der Waals surface area contributed by atoms with Crippen molar-refractivity contribution < 1.29 is 14.8 Å². The molecule has 0 radical (unpaired) electrons. The quantitative estimate of drug-likeness (QED) is 0.685. The fraction of sp³-hybridized carbons (Fsp3) is 0.200. The van der Waals surface area contributed by atoms with Crippen LogP contribution in [-0.2, 0) is 0 Å². The maximum Gasteiger partial charge on any atom is 0.243 e. The molecule has 0 aliphatic rings. The van der Waals surface area contributed by atoms with Crippen molar-refractivity contribution in [3.8, 4) is 11.5 Å². The summed E-state index contributed by atoms with van der Waals surface area (Å²) in [5.74, 6) is 0.246. The van der Waals surface area contributed by atoms with Crippen LogP contribution in [0.3, 0.4) is 0 Å².